The van der Waals surface area contributed by atoms with Gasteiger partial charge in [-0.15, -0.1) is 12.6 Å². The van der Waals surface area contributed by atoms with Crippen LogP contribution in [-0.2, 0) is 0 Å². The Kier molecular flexibility index (Phi) is 2.98. The van der Waals surface area contributed by atoms with Gasteiger partial charge < -0.3 is 0 Å². The van der Waals surface area contributed by atoms with Gasteiger partial charge in [-0.2, -0.15) is 5.26 Å². The van der Waals surface area contributed by atoms with Crippen molar-refractivity contribution in [3.8, 4) is 11.8 Å². The third kappa shape index (κ3) is 2.08. The van der Waals surface area contributed by atoms with Crippen molar-refractivity contribution in [3.63, 3.8) is 0 Å². The smallest absolute Gasteiger partial charge is 0.256 e. The first-order valence-electron chi connectivity index (χ1n) is 4.74. The summed E-state index contributed by atoms with van der Waals surface area (Å²) in [4.78, 5) is 11.7. The molecule has 0 aliphatic carbocycles. The molecule has 3 nitrogen and oxygen atoms in total. The summed E-state index contributed by atoms with van der Waals surface area (Å²) in [6, 6.07) is 10.0. The monoisotopic (exact) mass is 246 g/mol. The van der Waals surface area contributed by atoms with E-state index in [9.17, 15) is 9.18 Å². The highest BCUT2D eigenvalue weighted by atomic mass is 32.1. The SMILES string of the molecule is N#Cc1ccc(=O)n(-c2ccc(F)cc2)c1S. The second kappa shape index (κ2) is 4.44. The van der Waals surface area contributed by atoms with E-state index in [4.69, 9.17) is 5.26 Å². The molecular weight excluding hydrogens is 239 g/mol. The van der Waals surface area contributed by atoms with Gasteiger partial charge in [-0.25, -0.2) is 4.39 Å². The molecule has 0 saturated carbocycles. The van der Waals surface area contributed by atoms with Gasteiger partial charge in [-0.05, 0) is 30.3 Å². The van der Waals surface area contributed by atoms with Crippen LogP contribution >= 0.6 is 12.6 Å². The van der Waals surface area contributed by atoms with Crippen molar-refractivity contribution in [2.45, 2.75) is 5.03 Å². The molecule has 5 heteroatoms. The van der Waals surface area contributed by atoms with Gasteiger partial charge in [0.25, 0.3) is 5.56 Å². The normalized spacial score (nSPS) is 9.94. The summed E-state index contributed by atoms with van der Waals surface area (Å²) in [5.74, 6) is -0.390. The lowest BCUT2D eigenvalue weighted by Gasteiger charge is -2.09. The molecule has 0 aliphatic rings. The summed E-state index contributed by atoms with van der Waals surface area (Å²) in [6.45, 7) is 0. The zero-order valence-electron chi connectivity index (χ0n) is 8.59. The molecule has 2 aromatic rings. The second-order valence-corrected chi connectivity index (χ2v) is 3.76. The maximum atomic E-state index is 12.8. The molecule has 0 atom stereocenters. The van der Waals surface area contributed by atoms with Crippen LogP contribution in [0.1, 0.15) is 5.56 Å². The van der Waals surface area contributed by atoms with E-state index in [-0.39, 0.29) is 22.0 Å². The summed E-state index contributed by atoms with van der Waals surface area (Å²) in [5.41, 5.74) is 0.441. The number of halogens is 1. The standard InChI is InChI=1S/C12H7FN2OS/c13-9-2-4-10(5-3-9)15-11(16)6-1-8(7-14)12(15)17/h1-6,17H. The summed E-state index contributed by atoms with van der Waals surface area (Å²) < 4.78 is 14.0. The van der Waals surface area contributed by atoms with Gasteiger partial charge in [0.1, 0.15) is 11.9 Å². The lowest BCUT2D eigenvalue weighted by Crippen LogP contribution is -2.19. The van der Waals surface area contributed by atoms with E-state index in [0.29, 0.717) is 5.69 Å². The molecule has 17 heavy (non-hydrogen) atoms. The zero-order chi connectivity index (χ0) is 12.4. The molecule has 0 radical (unpaired) electrons. The lowest BCUT2D eigenvalue weighted by molar-refractivity contribution is 0.627. The van der Waals surface area contributed by atoms with Gasteiger partial charge in [0.15, 0.2) is 0 Å². The minimum absolute atomic E-state index is 0.242. The molecule has 0 spiro atoms. The Morgan fingerprint density at radius 3 is 2.41 bits per heavy atom. The maximum absolute atomic E-state index is 12.8. The highest BCUT2D eigenvalue weighted by Gasteiger charge is 2.08. The average molecular weight is 246 g/mol. The zero-order valence-corrected chi connectivity index (χ0v) is 9.49. The van der Waals surface area contributed by atoms with E-state index in [1.807, 2.05) is 6.07 Å². The fourth-order valence-corrected chi connectivity index (χ4v) is 1.79. The fraction of sp³-hybridized carbons (Fsp3) is 0. The molecule has 0 aliphatic heterocycles. The van der Waals surface area contributed by atoms with Crippen LogP contribution in [0, 0.1) is 17.1 Å². The lowest BCUT2D eigenvalue weighted by atomic mass is 10.2. The number of thiol groups is 1. The van der Waals surface area contributed by atoms with Gasteiger partial charge in [0, 0.05) is 11.8 Å². The van der Waals surface area contributed by atoms with Crippen molar-refractivity contribution >= 4 is 12.6 Å². The Morgan fingerprint density at radius 1 is 1.18 bits per heavy atom. The number of nitriles is 1. The van der Waals surface area contributed by atoms with Crippen LogP contribution in [0.3, 0.4) is 0 Å². The van der Waals surface area contributed by atoms with Crippen molar-refractivity contribution in [1.29, 1.82) is 5.26 Å². The maximum Gasteiger partial charge on any atom is 0.256 e. The van der Waals surface area contributed by atoms with Crippen molar-refractivity contribution in [3.05, 3.63) is 58.1 Å². The van der Waals surface area contributed by atoms with Gasteiger partial charge in [0.05, 0.1) is 10.6 Å². The van der Waals surface area contributed by atoms with Crippen molar-refractivity contribution in [2.24, 2.45) is 0 Å². The first-order valence-corrected chi connectivity index (χ1v) is 5.19. The van der Waals surface area contributed by atoms with Gasteiger partial charge in [0.2, 0.25) is 0 Å². The molecule has 0 N–H and O–H groups in total. The van der Waals surface area contributed by atoms with E-state index in [1.54, 1.807) is 0 Å². The number of rotatable bonds is 1. The van der Waals surface area contributed by atoms with E-state index in [2.05, 4.69) is 12.6 Å². The number of pyridine rings is 1. The molecule has 0 bridgehead atoms. The van der Waals surface area contributed by atoms with Crippen LogP contribution in [0.15, 0.2) is 46.2 Å². The molecule has 0 unspecified atom stereocenters. The average Bonchev–Trinajstić information content (AvgIpc) is 2.32. The van der Waals surface area contributed by atoms with E-state index < -0.39 is 0 Å². The number of aromatic nitrogens is 1. The summed E-state index contributed by atoms with van der Waals surface area (Å²) in [5, 5.41) is 9.09. The minimum atomic E-state index is -0.390. The Balaban J connectivity index is 2.71. The van der Waals surface area contributed by atoms with Gasteiger partial charge >= 0.3 is 0 Å². The summed E-state index contributed by atoms with van der Waals surface area (Å²) >= 11 is 4.15. The number of hydrogen-bond acceptors (Lipinski definition) is 3. The third-order valence-corrected chi connectivity index (χ3v) is 2.71. The Labute approximate surface area is 102 Å². The molecule has 0 fully saturated rings. The van der Waals surface area contributed by atoms with Crippen LogP contribution in [0.4, 0.5) is 4.39 Å². The van der Waals surface area contributed by atoms with Gasteiger partial charge in [-0.3, -0.25) is 9.36 Å². The molecule has 2 rings (SSSR count). The summed E-state index contributed by atoms with van der Waals surface area (Å²) in [6.07, 6.45) is 0. The van der Waals surface area contributed by atoms with Crippen molar-refractivity contribution in [1.82, 2.24) is 4.57 Å². The van der Waals surface area contributed by atoms with E-state index in [0.717, 1.165) is 0 Å². The Bertz CT molecular complexity index is 656. The highest BCUT2D eigenvalue weighted by molar-refractivity contribution is 7.80. The highest BCUT2D eigenvalue weighted by Crippen LogP contribution is 2.16. The molecule has 0 amide bonds. The minimum Gasteiger partial charge on any atom is -0.270 e. The quantitative estimate of drug-likeness (QED) is 0.783. The van der Waals surface area contributed by atoms with Crippen molar-refractivity contribution in [2.75, 3.05) is 0 Å². The molecule has 84 valence electrons. The van der Waals surface area contributed by atoms with Crippen LogP contribution in [0.2, 0.25) is 0 Å². The number of benzene rings is 1. The molecule has 1 heterocycles. The second-order valence-electron chi connectivity index (χ2n) is 3.33. The fourth-order valence-electron chi connectivity index (χ4n) is 1.46. The number of nitrogens with zero attached hydrogens (tertiary/aromatic N) is 2. The van der Waals surface area contributed by atoms with Gasteiger partial charge in [-0.1, -0.05) is 0 Å². The molecular formula is C12H7FN2OS. The Hall–Kier alpha value is -2.06. The Morgan fingerprint density at radius 2 is 1.82 bits per heavy atom. The number of hydrogen-bond donors (Lipinski definition) is 1. The summed E-state index contributed by atoms with van der Waals surface area (Å²) in [7, 11) is 0. The molecule has 1 aromatic carbocycles. The predicted octanol–water partition coefficient (Wildman–Crippen LogP) is 2.14. The van der Waals surface area contributed by atoms with E-state index >= 15 is 0 Å². The molecule has 0 saturated heterocycles. The predicted molar refractivity (Wildman–Crippen MR) is 64.0 cm³/mol. The van der Waals surface area contributed by atoms with Crippen LogP contribution in [0.25, 0.3) is 5.69 Å². The molecule has 1 aromatic heterocycles. The van der Waals surface area contributed by atoms with E-state index in [1.165, 1.54) is 41.0 Å². The topological polar surface area (TPSA) is 45.8 Å². The first-order chi connectivity index (χ1) is 8.13. The van der Waals surface area contributed by atoms with Crippen LogP contribution < -0.4 is 5.56 Å². The van der Waals surface area contributed by atoms with Crippen LogP contribution in [0.5, 0.6) is 0 Å². The first kappa shape index (κ1) is 11.4. The van der Waals surface area contributed by atoms with Crippen molar-refractivity contribution < 1.29 is 4.39 Å². The van der Waals surface area contributed by atoms with Crippen LogP contribution in [-0.4, -0.2) is 4.57 Å². The third-order valence-electron chi connectivity index (χ3n) is 2.27. The largest absolute Gasteiger partial charge is 0.270 e.